The van der Waals surface area contributed by atoms with Gasteiger partial charge in [-0.1, -0.05) is 11.8 Å². The Hall–Kier alpha value is -2.98. The molecule has 1 aromatic carbocycles. The fourth-order valence-electron chi connectivity index (χ4n) is 2.69. The molecule has 30 heavy (non-hydrogen) atoms. The first-order valence-corrected chi connectivity index (χ1v) is 11.0. The minimum atomic E-state index is -0.374. The molecule has 3 heterocycles. The van der Waals surface area contributed by atoms with Gasteiger partial charge in [-0.05, 0) is 43.3 Å². The topological polar surface area (TPSA) is 83.0 Å². The normalized spacial score (nSPS) is 11.0. The highest BCUT2D eigenvalue weighted by molar-refractivity contribution is 7.99. The summed E-state index contributed by atoms with van der Waals surface area (Å²) < 4.78 is 25.6. The molecule has 7 nitrogen and oxygen atoms in total. The maximum atomic E-state index is 13.0. The number of furan rings is 1. The smallest absolute Gasteiger partial charge is 0.316 e. The molecule has 0 atom stereocenters. The zero-order chi connectivity index (χ0) is 20.9. The van der Waals surface area contributed by atoms with Crippen LogP contribution in [0.2, 0.25) is 0 Å². The molecule has 4 rings (SSSR count). The van der Waals surface area contributed by atoms with Crippen LogP contribution in [-0.2, 0) is 22.7 Å². The first-order valence-electron chi connectivity index (χ1n) is 9.10. The number of thiazole rings is 1. The summed E-state index contributed by atoms with van der Waals surface area (Å²) in [4.78, 5) is 16.6. The molecule has 0 saturated heterocycles. The van der Waals surface area contributed by atoms with Crippen molar-refractivity contribution in [2.75, 3.05) is 5.75 Å². The van der Waals surface area contributed by atoms with Gasteiger partial charge in [0, 0.05) is 17.5 Å². The van der Waals surface area contributed by atoms with Gasteiger partial charge in [-0.2, -0.15) is 0 Å². The molecule has 3 aromatic heterocycles. The molecular formula is C20H17FN4O3S2. The van der Waals surface area contributed by atoms with E-state index in [1.165, 1.54) is 35.2 Å². The zero-order valence-corrected chi connectivity index (χ0v) is 17.6. The van der Waals surface area contributed by atoms with Crippen molar-refractivity contribution in [3.63, 3.8) is 0 Å². The fourth-order valence-corrected chi connectivity index (χ4v) is 4.30. The van der Waals surface area contributed by atoms with Crippen LogP contribution in [0.15, 0.2) is 57.6 Å². The van der Waals surface area contributed by atoms with Crippen LogP contribution < -0.4 is 0 Å². The second kappa shape index (κ2) is 9.23. The van der Waals surface area contributed by atoms with Gasteiger partial charge in [-0.15, -0.1) is 21.5 Å². The molecule has 4 aromatic rings. The van der Waals surface area contributed by atoms with Crippen LogP contribution in [0, 0.1) is 5.82 Å². The van der Waals surface area contributed by atoms with Gasteiger partial charge in [0.15, 0.2) is 16.7 Å². The molecule has 0 aliphatic rings. The van der Waals surface area contributed by atoms with Crippen molar-refractivity contribution < 1.29 is 18.3 Å². The van der Waals surface area contributed by atoms with Crippen LogP contribution in [0.5, 0.6) is 0 Å². The van der Waals surface area contributed by atoms with Crippen molar-refractivity contribution in [3.05, 3.63) is 59.6 Å². The summed E-state index contributed by atoms with van der Waals surface area (Å²) in [6.45, 7) is 2.69. The number of halogens is 1. The largest absolute Gasteiger partial charge is 0.461 e. The molecule has 0 bridgehead atoms. The standard InChI is InChI=1S/C20H17FN4O3S2/c1-2-25-18(16-4-3-9-27-16)23-24-20(25)30-12-17(26)28-10-15-11-29-19(22-15)13-5-7-14(21)8-6-13/h3-9,11H,2,10,12H2,1H3. The fraction of sp³-hybridized carbons (Fsp3) is 0.200. The molecule has 0 unspecified atom stereocenters. The lowest BCUT2D eigenvalue weighted by atomic mass is 10.2. The van der Waals surface area contributed by atoms with Gasteiger partial charge < -0.3 is 9.15 Å². The predicted octanol–water partition coefficient (Wildman–Crippen LogP) is 4.66. The Kier molecular flexibility index (Phi) is 6.24. The minimum Gasteiger partial charge on any atom is -0.461 e. The zero-order valence-electron chi connectivity index (χ0n) is 15.9. The molecule has 0 fully saturated rings. The molecule has 0 spiro atoms. The van der Waals surface area contributed by atoms with Crippen molar-refractivity contribution in [1.82, 2.24) is 19.7 Å². The summed E-state index contributed by atoms with van der Waals surface area (Å²) in [6.07, 6.45) is 1.58. The highest BCUT2D eigenvalue weighted by Gasteiger charge is 2.17. The summed E-state index contributed by atoms with van der Waals surface area (Å²) in [7, 11) is 0. The Morgan fingerprint density at radius 1 is 1.27 bits per heavy atom. The van der Waals surface area contributed by atoms with Crippen molar-refractivity contribution in [1.29, 1.82) is 0 Å². The van der Waals surface area contributed by atoms with Crippen molar-refractivity contribution in [2.45, 2.75) is 25.2 Å². The lowest BCUT2D eigenvalue weighted by Crippen LogP contribution is -2.09. The van der Waals surface area contributed by atoms with E-state index >= 15 is 0 Å². The average Bonchev–Trinajstić information content (AvgIpc) is 3.51. The van der Waals surface area contributed by atoms with Crippen LogP contribution in [0.4, 0.5) is 4.39 Å². The van der Waals surface area contributed by atoms with Crippen LogP contribution >= 0.6 is 23.1 Å². The Bertz CT molecular complexity index is 1120. The van der Waals surface area contributed by atoms with Gasteiger partial charge in [0.1, 0.15) is 17.4 Å². The molecule has 10 heteroatoms. The number of aromatic nitrogens is 4. The third kappa shape index (κ3) is 4.60. The number of carbonyl (C=O) groups is 1. The summed E-state index contributed by atoms with van der Waals surface area (Å²) in [6, 6.07) is 9.71. The molecule has 154 valence electrons. The van der Waals surface area contributed by atoms with E-state index in [0.717, 1.165) is 10.6 Å². The van der Waals surface area contributed by atoms with Crippen LogP contribution in [-0.4, -0.2) is 31.5 Å². The number of carbonyl (C=O) groups excluding carboxylic acids is 1. The SMILES string of the molecule is CCn1c(SCC(=O)OCc2csc(-c3ccc(F)cc3)n2)nnc1-c1ccco1. The second-order valence-electron chi connectivity index (χ2n) is 6.13. The summed E-state index contributed by atoms with van der Waals surface area (Å²) in [5.41, 5.74) is 1.47. The van der Waals surface area contributed by atoms with E-state index in [9.17, 15) is 9.18 Å². The van der Waals surface area contributed by atoms with Gasteiger partial charge in [-0.3, -0.25) is 9.36 Å². The maximum absolute atomic E-state index is 13.0. The number of nitrogens with zero attached hydrogens (tertiary/aromatic N) is 4. The van der Waals surface area contributed by atoms with Gasteiger partial charge in [0.05, 0.1) is 17.7 Å². The van der Waals surface area contributed by atoms with E-state index in [1.54, 1.807) is 24.5 Å². The van der Waals surface area contributed by atoms with Crippen LogP contribution in [0.1, 0.15) is 12.6 Å². The Labute approximate surface area is 179 Å². The van der Waals surface area contributed by atoms with Gasteiger partial charge in [-0.25, -0.2) is 9.37 Å². The lowest BCUT2D eigenvalue weighted by molar-refractivity contribution is -0.141. The Morgan fingerprint density at radius 2 is 2.10 bits per heavy atom. The van der Waals surface area contributed by atoms with E-state index in [1.807, 2.05) is 22.9 Å². The van der Waals surface area contributed by atoms with E-state index < -0.39 is 0 Å². The van der Waals surface area contributed by atoms with E-state index in [0.29, 0.717) is 29.0 Å². The third-order valence-corrected chi connectivity index (χ3v) is 6.00. The van der Waals surface area contributed by atoms with Gasteiger partial charge in [0.2, 0.25) is 0 Å². The quantitative estimate of drug-likeness (QED) is 0.289. The number of esters is 1. The number of hydrogen-bond acceptors (Lipinski definition) is 8. The van der Waals surface area contributed by atoms with Gasteiger partial charge >= 0.3 is 5.97 Å². The number of ether oxygens (including phenoxy) is 1. The first-order chi connectivity index (χ1) is 14.6. The second-order valence-corrected chi connectivity index (χ2v) is 7.93. The molecule has 0 radical (unpaired) electrons. The van der Waals surface area contributed by atoms with Crippen LogP contribution in [0.3, 0.4) is 0 Å². The van der Waals surface area contributed by atoms with Crippen molar-refractivity contribution >= 4 is 29.1 Å². The van der Waals surface area contributed by atoms with Crippen LogP contribution in [0.25, 0.3) is 22.2 Å². The summed E-state index contributed by atoms with van der Waals surface area (Å²) >= 11 is 2.67. The van der Waals surface area contributed by atoms with Crippen molar-refractivity contribution in [3.8, 4) is 22.2 Å². The van der Waals surface area contributed by atoms with E-state index in [4.69, 9.17) is 9.15 Å². The van der Waals surface area contributed by atoms with E-state index in [2.05, 4.69) is 15.2 Å². The average molecular weight is 445 g/mol. The van der Waals surface area contributed by atoms with E-state index in [-0.39, 0.29) is 24.1 Å². The Balaban J connectivity index is 1.31. The molecular weight excluding hydrogens is 427 g/mol. The maximum Gasteiger partial charge on any atom is 0.316 e. The van der Waals surface area contributed by atoms with Crippen molar-refractivity contribution in [2.24, 2.45) is 0 Å². The molecule has 0 N–H and O–H groups in total. The highest BCUT2D eigenvalue weighted by atomic mass is 32.2. The number of rotatable bonds is 8. The minimum absolute atomic E-state index is 0.0786. The summed E-state index contributed by atoms with van der Waals surface area (Å²) in [5, 5.41) is 11.5. The predicted molar refractivity (Wildman–Crippen MR) is 111 cm³/mol. The third-order valence-electron chi connectivity index (χ3n) is 4.12. The number of hydrogen-bond donors (Lipinski definition) is 0. The monoisotopic (exact) mass is 444 g/mol. The summed E-state index contributed by atoms with van der Waals surface area (Å²) in [5.74, 6) is 0.678. The van der Waals surface area contributed by atoms with Gasteiger partial charge in [0.25, 0.3) is 0 Å². The molecule has 0 aliphatic heterocycles. The first kappa shape index (κ1) is 20.3. The molecule has 0 amide bonds. The Morgan fingerprint density at radius 3 is 2.83 bits per heavy atom. The molecule has 0 aliphatic carbocycles. The molecule has 0 saturated carbocycles. The number of thioether (sulfide) groups is 1. The highest BCUT2D eigenvalue weighted by Crippen LogP contribution is 2.26. The lowest BCUT2D eigenvalue weighted by Gasteiger charge is -2.06. The number of benzene rings is 1.